The summed E-state index contributed by atoms with van der Waals surface area (Å²) in [5.74, 6) is -0.194. The van der Waals surface area contributed by atoms with Crippen LogP contribution in [-0.4, -0.2) is 30.6 Å². The Kier molecular flexibility index (Phi) is 3.88. The summed E-state index contributed by atoms with van der Waals surface area (Å²) in [5, 5.41) is 0.991. The molecule has 2 aliphatic rings. The van der Waals surface area contributed by atoms with Crippen LogP contribution >= 0.6 is 0 Å². The number of benzene rings is 1. The minimum Gasteiger partial charge on any atom is -0.468 e. The van der Waals surface area contributed by atoms with Gasteiger partial charge in [0.1, 0.15) is 11.6 Å². The molecule has 0 radical (unpaired) electrons. The predicted molar refractivity (Wildman–Crippen MR) is 90.0 cm³/mol. The van der Waals surface area contributed by atoms with Gasteiger partial charge in [0.05, 0.1) is 7.11 Å². The van der Waals surface area contributed by atoms with Crippen molar-refractivity contribution in [1.29, 1.82) is 0 Å². The topological polar surface area (TPSA) is 59.8 Å². The molecule has 4 rings (SSSR count). The molecule has 1 aromatic heterocycles. The quantitative estimate of drug-likeness (QED) is 0.640. The van der Waals surface area contributed by atoms with Crippen LogP contribution in [0.1, 0.15) is 36.0 Å². The average molecular weight is 327 g/mol. The van der Waals surface area contributed by atoms with E-state index in [1.165, 1.54) is 18.2 Å². The Morgan fingerprint density at radius 1 is 1.25 bits per heavy atom. The van der Waals surface area contributed by atoms with Crippen molar-refractivity contribution in [3.05, 3.63) is 45.3 Å². The summed E-state index contributed by atoms with van der Waals surface area (Å²) in [4.78, 5) is 26.0. The number of esters is 1. The number of carbonyl (C=O) groups excluding carboxylic acids is 1. The van der Waals surface area contributed by atoms with E-state index in [9.17, 15) is 9.59 Å². The van der Waals surface area contributed by atoms with Gasteiger partial charge in [-0.1, -0.05) is 0 Å². The number of aryl methyl sites for hydroxylation is 2. The number of carbonyl (C=O) groups is 1. The molecule has 1 atom stereocenters. The highest BCUT2D eigenvalue weighted by atomic mass is 16.5. The number of likely N-dealkylation sites (tertiary alicyclic amines) is 1. The fourth-order valence-electron chi connectivity index (χ4n) is 4.06. The van der Waals surface area contributed by atoms with E-state index in [0.717, 1.165) is 49.6 Å². The maximum Gasteiger partial charge on any atom is 0.336 e. The molecule has 0 bridgehead atoms. The van der Waals surface area contributed by atoms with E-state index in [1.807, 2.05) is 6.07 Å². The molecule has 2 heterocycles. The highest BCUT2D eigenvalue weighted by Crippen LogP contribution is 2.30. The smallest absolute Gasteiger partial charge is 0.336 e. The number of methoxy groups -OCH3 is 1. The third-order valence-electron chi connectivity index (χ3n) is 5.25. The number of nitrogens with zero attached hydrogens (tertiary/aromatic N) is 1. The molecule has 1 fully saturated rings. The molecule has 1 aromatic carbocycles. The normalized spacial score (nSPS) is 20.5. The van der Waals surface area contributed by atoms with Gasteiger partial charge in [-0.3, -0.25) is 9.69 Å². The van der Waals surface area contributed by atoms with Crippen molar-refractivity contribution in [2.24, 2.45) is 0 Å². The first-order valence-electron chi connectivity index (χ1n) is 8.56. The maximum atomic E-state index is 12.0. The summed E-state index contributed by atoms with van der Waals surface area (Å²) in [6, 6.07) is 5.53. The Morgan fingerprint density at radius 3 is 2.83 bits per heavy atom. The molecule has 0 saturated carbocycles. The van der Waals surface area contributed by atoms with Gasteiger partial charge in [-0.2, -0.15) is 0 Å². The summed E-state index contributed by atoms with van der Waals surface area (Å²) in [7, 11) is 1.43. The molecular formula is C19H21NO4. The van der Waals surface area contributed by atoms with Crippen LogP contribution in [0.2, 0.25) is 0 Å². The minimum absolute atomic E-state index is 0.194. The van der Waals surface area contributed by atoms with Crippen LogP contribution in [0.5, 0.6) is 0 Å². The number of rotatable bonds is 3. The molecule has 0 amide bonds. The summed E-state index contributed by atoms with van der Waals surface area (Å²) in [6.07, 6.45) is 5.06. The van der Waals surface area contributed by atoms with Crippen LogP contribution in [0, 0.1) is 0 Å². The number of hydrogen-bond acceptors (Lipinski definition) is 5. The monoisotopic (exact) mass is 327 g/mol. The SMILES string of the molecule is COC(=O)C1CCCN1Cc1cc(=O)oc2cc3c(cc12)CCC3. The molecule has 1 aliphatic carbocycles. The van der Waals surface area contributed by atoms with E-state index in [-0.39, 0.29) is 17.6 Å². The van der Waals surface area contributed by atoms with Crippen LogP contribution in [0.25, 0.3) is 11.0 Å². The summed E-state index contributed by atoms with van der Waals surface area (Å²) < 4.78 is 10.3. The highest BCUT2D eigenvalue weighted by Gasteiger charge is 2.31. The zero-order chi connectivity index (χ0) is 16.7. The van der Waals surface area contributed by atoms with Crippen molar-refractivity contribution < 1.29 is 13.9 Å². The van der Waals surface area contributed by atoms with Crippen molar-refractivity contribution in [1.82, 2.24) is 4.90 Å². The lowest BCUT2D eigenvalue weighted by molar-refractivity contribution is -0.146. The summed E-state index contributed by atoms with van der Waals surface area (Å²) >= 11 is 0. The second-order valence-corrected chi connectivity index (χ2v) is 6.71. The van der Waals surface area contributed by atoms with Gasteiger partial charge in [0.15, 0.2) is 0 Å². The Bertz CT molecular complexity index is 854. The summed E-state index contributed by atoms with van der Waals surface area (Å²) in [6.45, 7) is 1.41. The lowest BCUT2D eigenvalue weighted by atomic mass is 10.0. The van der Waals surface area contributed by atoms with Gasteiger partial charge < -0.3 is 9.15 Å². The Labute approximate surface area is 140 Å². The Morgan fingerprint density at radius 2 is 2.04 bits per heavy atom. The highest BCUT2D eigenvalue weighted by molar-refractivity contribution is 5.82. The molecule has 1 saturated heterocycles. The Balaban J connectivity index is 1.73. The van der Waals surface area contributed by atoms with E-state index in [0.29, 0.717) is 12.1 Å². The van der Waals surface area contributed by atoms with E-state index in [4.69, 9.17) is 9.15 Å². The number of ether oxygens (including phenoxy) is 1. The van der Waals surface area contributed by atoms with Gasteiger partial charge in [-0.25, -0.2) is 4.79 Å². The Hall–Kier alpha value is -2.14. The first-order chi connectivity index (χ1) is 11.7. The first kappa shape index (κ1) is 15.4. The average Bonchev–Trinajstić information content (AvgIpc) is 3.20. The second-order valence-electron chi connectivity index (χ2n) is 6.71. The van der Waals surface area contributed by atoms with Crippen LogP contribution in [-0.2, 0) is 28.9 Å². The fourth-order valence-corrected chi connectivity index (χ4v) is 4.06. The van der Waals surface area contributed by atoms with Crippen molar-refractivity contribution >= 4 is 16.9 Å². The zero-order valence-corrected chi connectivity index (χ0v) is 13.8. The third-order valence-corrected chi connectivity index (χ3v) is 5.25. The molecule has 0 N–H and O–H groups in total. The van der Waals surface area contributed by atoms with Gasteiger partial charge >= 0.3 is 11.6 Å². The third kappa shape index (κ3) is 2.63. The van der Waals surface area contributed by atoms with Crippen molar-refractivity contribution in [2.75, 3.05) is 13.7 Å². The largest absolute Gasteiger partial charge is 0.468 e. The van der Waals surface area contributed by atoms with Gasteiger partial charge in [0.2, 0.25) is 0 Å². The maximum absolute atomic E-state index is 12.0. The van der Waals surface area contributed by atoms with Gasteiger partial charge in [-0.05, 0) is 67.5 Å². The molecule has 126 valence electrons. The molecular weight excluding hydrogens is 306 g/mol. The van der Waals surface area contributed by atoms with Crippen LogP contribution < -0.4 is 5.63 Å². The molecule has 2 aromatic rings. The van der Waals surface area contributed by atoms with E-state index >= 15 is 0 Å². The predicted octanol–water partition coefficient (Wildman–Crippen LogP) is 2.42. The molecule has 1 aliphatic heterocycles. The van der Waals surface area contributed by atoms with E-state index < -0.39 is 0 Å². The number of hydrogen-bond donors (Lipinski definition) is 0. The van der Waals surface area contributed by atoms with Crippen molar-refractivity contribution in [2.45, 2.75) is 44.7 Å². The molecule has 0 spiro atoms. The van der Waals surface area contributed by atoms with E-state index in [1.54, 1.807) is 6.07 Å². The molecule has 1 unspecified atom stereocenters. The fraction of sp³-hybridized carbons (Fsp3) is 0.474. The molecule has 5 heteroatoms. The minimum atomic E-state index is -0.329. The number of fused-ring (bicyclic) bond motifs is 2. The first-order valence-corrected chi connectivity index (χ1v) is 8.56. The molecule has 24 heavy (non-hydrogen) atoms. The van der Waals surface area contributed by atoms with Crippen LogP contribution in [0.4, 0.5) is 0 Å². The lowest BCUT2D eigenvalue weighted by Crippen LogP contribution is -2.36. The van der Waals surface area contributed by atoms with Gasteiger partial charge in [-0.15, -0.1) is 0 Å². The molecule has 5 nitrogen and oxygen atoms in total. The van der Waals surface area contributed by atoms with Crippen LogP contribution in [0.3, 0.4) is 0 Å². The summed E-state index contributed by atoms with van der Waals surface area (Å²) in [5.41, 5.74) is 3.91. The zero-order valence-electron chi connectivity index (χ0n) is 13.8. The second kappa shape index (κ2) is 6.06. The van der Waals surface area contributed by atoms with Crippen molar-refractivity contribution in [3.8, 4) is 0 Å². The van der Waals surface area contributed by atoms with E-state index in [2.05, 4.69) is 11.0 Å². The van der Waals surface area contributed by atoms with Gasteiger partial charge in [0.25, 0.3) is 0 Å². The lowest BCUT2D eigenvalue weighted by Gasteiger charge is -2.22. The standard InChI is InChI=1S/C19H21NO4/c1-23-19(22)16-6-3-7-20(16)11-14-10-18(21)24-17-9-13-5-2-4-12(13)8-15(14)17/h8-10,16H,2-7,11H2,1H3. The van der Waals surface area contributed by atoms with Crippen LogP contribution in [0.15, 0.2) is 27.4 Å². The van der Waals surface area contributed by atoms with Crippen molar-refractivity contribution in [3.63, 3.8) is 0 Å². The van der Waals surface area contributed by atoms with Gasteiger partial charge in [0, 0.05) is 18.0 Å².